The van der Waals surface area contributed by atoms with Crippen LogP contribution in [-0.2, 0) is 299 Å². The van der Waals surface area contributed by atoms with Gasteiger partial charge in [0.15, 0.2) is 0 Å². The fourth-order valence-corrected chi connectivity index (χ4v) is 9.96. The molecule has 14 rings (SSSR count). The van der Waals surface area contributed by atoms with E-state index in [-0.39, 0.29) is 342 Å². The smallest absolute Gasteiger partial charge is 0.229 e. The molecule has 8 aromatic carbocycles. The zero-order chi connectivity index (χ0) is 87.9. The summed E-state index contributed by atoms with van der Waals surface area (Å²) in [4.78, 5) is 22.2. The predicted molar refractivity (Wildman–Crippen MR) is 544 cm³/mol. The van der Waals surface area contributed by atoms with Crippen LogP contribution in [0.5, 0.6) is 0 Å². The number of sulfonamides is 7. The first kappa shape index (κ1) is 178. The van der Waals surface area contributed by atoms with Gasteiger partial charge in [-0.1, -0.05) is 110 Å². The molecule has 0 bridgehead atoms. The summed E-state index contributed by atoms with van der Waals surface area (Å²) in [5, 5.41) is 0. The molecule has 0 amide bonds. The number of benzene rings is 8. The molecule has 28 radical (unpaired) electrons. The van der Waals surface area contributed by atoms with Crippen molar-refractivity contribution in [1.82, 2.24) is 29.9 Å². The van der Waals surface area contributed by atoms with Crippen molar-refractivity contribution >= 4 is 169 Å². The zero-order valence-corrected chi connectivity index (χ0v) is 98.8. The van der Waals surface area contributed by atoms with Crippen LogP contribution in [0.1, 0.15) is 37.1 Å². The Bertz CT molecular complexity index is 4470. The molecule has 0 saturated carbocycles. The summed E-state index contributed by atoms with van der Waals surface area (Å²) in [5.74, 6) is 0.653. The van der Waals surface area contributed by atoms with E-state index < -0.39 is 70.2 Å². The van der Waals surface area contributed by atoms with Gasteiger partial charge in [0.1, 0.15) is 0 Å². The Balaban J connectivity index is -0.0000000647. The van der Waals surface area contributed by atoms with Gasteiger partial charge in [0, 0.05) is 305 Å². The summed E-state index contributed by atoms with van der Waals surface area (Å²) in [7, 11) is -22.3. The van der Waals surface area contributed by atoms with E-state index in [1.165, 1.54) is 37.1 Å². The summed E-state index contributed by atoms with van der Waals surface area (Å²) in [6.07, 6.45) is 23.6. The monoisotopic (exact) mass is 2520 g/mol. The Hall–Kier alpha value is -4.91. The molecule has 6 heterocycles. The quantitative estimate of drug-likeness (QED) is 0.0393. The molecule has 48 heteroatoms. The van der Waals surface area contributed by atoms with Crippen LogP contribution >= 0.6 is 0 Å². The van der Waals surface area contributed by atoms with Crippen molar-refractivity contribution in [2.45, 2.75) is 37.1 Å². The van der Waals surface area contributed by atoms with Gasteiger partial charge in [0.05, 0.1) is 43.8 Å². The molecule has 6 aromatic heterocycles. The van der Waals surface area contributed by atoms with Crippen molar-refractivity contribution in [2.24, 2.45) is 0 Å². The van der Waals surface area contributed by atoms with E-state index in [0.29, 0.717) is 22.7 Å². The largest absolute Gasteiger partial charge is 0.394 e. The zero-order valence-electron chi connectivity index (χ0n) is 73.2. The van der Waals surface area contributed by atoms with Crippen LogP contribution in [0.2, 0.25) is 0 Å². The normalized spacial score (nSPS) is 8.57. The number of hydrogen-bond acceptors (Lipinski definition) is 20. The number of anilines is 7. The first-order valence-corrected chi connectivity index (χ1v) is 46.9. The average Bonchev–Trinajstić information content (AvgIpc) is 0.946. The molecule has 0 saturated heterocycles. The maximum atomic E-state index is 10.7. The molecule has 14 aromatic rings. The number of aromatic nitrogens is 6. The third-order valence-corrected chi connectivity index (χ3v) is 14.7. The summed E-state index contributed by atoms with van der Waals surface area (Å²) >= 11 is 0. The average molecular weight is 2520 g/mol. The van der Waals surface area contributed by atoms with E-state index in [2.05, 4.69) is 148 Å². The summed E-state index contributed by atoms with van der Waals surface area (Å²) < 4.78 is 165. The Morgan fingerprint density at radius 2 is 0.399 bits per heavy atom. The summed E-state index contributed by atoms with van der Waals surface area (Å²) in [6, 6.07) is 124. The third kappa shape index (κ3) is 135. The van der Waals surface area contributed by atoms with E-state index >= 15 is 0 Å². The molecular formula is C90H105B7N13O14S7Y7-14. The minimum atomic E-state index is -3.22. The van der Waals surface area contributed by atoms with Gasteiger partial charge in [-0.15, -0.1) is 18.2 Å². The van der Waals surface area contributed by atoms with Gasteiger partial charge in [-0.25, -0.2) is 95.3 Å². The van der Waals surface area contributed by atoms with Crippen molar-refractivity contribution in [3.05, 3.63) is 432 Å². The van der Waals surface area contributed by atoms with Crippen molar-refractivity contribution in [1.29, 1.82) is 0 Å². The van der Waals surface area contributed by atoms with Crippen LogP contribution in [0, 0.1) is 85.2 Å². The molecule has 0 atom stereocenters. The number of para-hydroxylation sites is 3. The van der Waals surface area contributed by atoms with Gasteiger partial charge < -0.3 is 33.8 Å². The number of hydrogen-bond donors (Lipinski definition) is 7. The van der Waals surface area contributed by atoms with E-state index in [4.69, 9.17) is 0 Å². The predicted octanol–water partition coefficient (Wildman–Crippen LogP) is 13.3. The standard InChI is InChI=1S/3C7H8NO2S.4C6H7N2O2S.5C6H5.2C5H4N.5CH4.7B.7Y/c3*1-11(9,10)8-7-5-3-2-4-6-7;1-11(9,10)8-6-3-2-4-7-5-6;3*1-11(9,10)8-6-4-2-3-5-7-6;7*1-2-4-6-5-3-1;;;;;;;;;;;;;;;;;;;/h3*2-5,8H,1H3;2,4-5,8H,1H3;3*2-3,5H,1H3,(H,7,8);5*1-5H;2*1-4H;5*1H4;;;;;;;;;;;;;;/q14*-1;;;;;;;;;;;;;;;;;;;. The maximum absolute atomic E-state index is 10.7. The van der Waals surface area contributed by atoms with E-state index in [1.54, 1.807) is 134 Å². The van der Waals surface area contributed by atoms with Crippen LogP contribution < -0.4 is 33.1 Å². The molecule has 0 aliphatic carbocycles. The minimum absolute atomic E-state index is 0. The second kappa shape index (κ2) is 112. The van der Waals surface area contributed by atoms with Gasteiger partial charge in [-0.05, 0) is 5.69 Å². The molecule has 0 fully saturated rings. The minimum Gasteiger partial charge on any atom is -0.394 e. The van der Waals surface area contributed by atoms with Crippen molar-refractivity contribution in [3.63, 3.8) is 0 Å². The Morgan fingerprint density at radius 1 is 0.203 bits per heavy atom. The molecule has 0 aliphatic rings. The molecule has 27 nitrogen and oxygen atoms in total. The van der Waals surface area contributed by atoms with Crippen LogP contribution in [0.25, 0.3) is 0 Å². The molecule has 138 heavy (non-hydrogen) atoms. The molecule has 0 unspecified atom stereocenters. The Labute approximate surface area is 1020 Å². The summed E-state index contributed by atoms with van der Waals surface area (Å²) in [5.41, 5.74) is 1.76. The van der Waals surface area contributed by atoms with Gasteiger partial charge in [-0.3, -0.25) is 29.1 Å². The fraction of sp³-hybridized carbons (Fsp3) is 0.133. The summed E-state index contributed by atoms with van der Waals surface area (Å²) in [6.45, 7) is 0. The van der Waals surface area contributed by atoms with Crippen molar-refractivity contribution in [2.75, 3.05) is 76.8 Å². The number of nitrogens with zero attached hydrogens (tertiary/aromatic N) is 6. The topological polar surface area (TPSA) is 401 Å². The van der Waals surface area contributed by atoms with Crippen LogP contribution in [0.3, 0.4) is 0 Å². The van der Waals surface area contributed by atoms with E-state index in [9.17, 15) is 58.9 Å². The second-order valence-electron chi connectivity index (χ2n) is 21.8. The van der Waals surface area contributed by atoms with Crippen LogP contribution in [-0.4, -0.2) is 192 Å². The second-order valence-corrected chi connectivity index (χ2v) is 34.0. The fourth-order valence-electron chi connectivity index (χ4n) is 6.48. The first-order valence-electron chi connectivity index (χ1n) is 33.7. The number of pyridine rings is 6. The third-order valence-electron chi connectivity index (χ3n) is 10.6. The Morgan fingerprint density at radius 3 is 0.522 bits per heavy atom. The molecule has 7 N–H and O–H groups in total. The Kier molecular flexibility index (Phi) is 145. The van der Waals surface area contributed by atoms with E-state index in [1.807, 2.05) is 176 Å². The van der Waals surface area contributed by atoms with Gasteiger partial charge >= 0.3 is 0 Å². The van der Waals surface area contributed by atoms with Crippen LogP contribution in [0.15, 0.2) is 347 Å². The van der Waals surface area contributed by atoms with Gasteiger partial charge in [-0.2, -0.15) is 322 Å². The van der Waals surface area contributed by atoms with Gasteiger partial charge in [0.2, 0.25) is 70.2 Å². The maximum Gasteiger partial charge on any atom is 0.229 e. The molecule has 712 valence electrons. The first-order chi connectivity index (χ1) is 56.5. The number of nitrogens with one attached hydrogen (secondary N) is 7. The molecule has 0 aliphatic heterocycles. The van der Waals surface area contributed by atoms with Crippen molar-refractivity contribution in [3.8, 4) is 0 Å². The molecule has 0 spiro atoms. The van der Waals surface area contributed by atoms with Gasteiger partial charge in [0.25, 0.3) is 0 Å². The van der Waals surface area contributed by atoms with E-state index in [0.717, 1.165) is 43.8 Å². The van der Waals surface area contributed by atoms with Crippen molar-refractivity contribution < 1.29 is 288 Å². The number of rotatable bonds is 14. The SMILES string of the molecule is C.C.C.C.C.CS(=O)(=O)Nc1[c-]cccc1.CS(=O)(=O)Nc1[c-]cccc1.CS(=O)(=O)Nc1[c-]cccc1.CS(=O)(=O)Nc1[c-]cccn1.CS(=O)(=O)Nc1[c-]cccn1.CS(=O)(=O)Nc1[c-]cccn1.CS(=O)(=O)Nc1[c-]ccnc1.[B].[B].[B].[B].[B].[B].[B].[Y].[Y].[Y].[Y].[Y].[Y].[Y].[c-]1ccccc1.[c-]1ccccc1.[c-]1ccccc1.[c-]1ccccc1.[c-]1ccccc1.[c-]1ccccn1.[c-]1ccccn1. The molecular weight excluding hydrogens is 2410 g/mol. The van der Waals surface area contributed by atoms with Crippen LogP contribution in [0.4, 0.5) is 40.2 Å².